The van der Waals surface area contributed by atoms with Crippen LogP contribution in [0.1, 0.15) is 35.4 Å². The molecule has 108 valence electrons. The van der Waals surface area contributed by atoms with Crippen molar-refractivity contribution in [1.82, 2.24) is 5.32 Å². The number of ether oxygens (including phenoxy) is 1. The molecule has 0 saturated heterocycles. The molecule has 0 aliphatic carbocycles. The highest BCUT2D eigenvalue weighted by molar-refractivity contribution is 6.01. The summed E-state index contributed by atoms with van der Waals surface area (Å²) >= 11 is 0. The summed E-state index contributed by atoms with van der Waals surface area (Å²) in [5.74, 6) is 0.795. The summed E-state index contributed by atoms with van der Waals surface area (Å²) in [4.78, 5) is 12.1. The zero-order valence-corrected chi connectivity index (χ0v) is 11.9. The molecule has 0 bridgehead atoms. The second-order valence-corrected chi connectivity index (χ2v) is 5.01. The van der Waals surface area contributed by atoms with Gasteiger partial charge in [-0.3, -0.25) is 4.79 Å². The van der Waals surface area contributed by atoms with Crippen LogP contribution in [0, 0.1) is 0 Å². The number of hydrogen-bond donors (Lipinski definition) is 2. The van der Waals surface area contributed by atoms with Crippen molar-refractivity contribution in [1.29, 1.82) is 0 Å². The first-order valence-electron chi connectivity index (χ1n) is 7.17. The lowest BCUT2D eigenvalue weighted by atomic mass is 10.1. The van der Waals surface area contributed by atoms with Crippen molar-refractivity contribution in [3.8, 4) is 5.75 Å². The van der Waals surface area contributed by atoms with E-state index in [2.05, 4.69) is 17.6 Å². The van der Waals surface area contributed by atoms with Gasteiger partial charge in [-0.1, -0.05) is 31.2 Å². The lowest BCUT2D eigenvalue weighted by molar-refractivity contribution is 0.0935. The van der Waals surface area contributed by atoms with E-state index in [1.165, 1.54) is 0 Å². The van der Waals surface area contributed by atoms with Gasteiger partial charge in [0.25, 0.3) is 5.91 Å². The Bertz CT molecular complexity index is 637. The average molecular weight is 282 g/mol. The minimum Gasteiger partial charge on any atom is -0.494 e. The quantitative estimate of drug-likeness (QED) is 0.904. The largest absolute Gasteiger partial charge is 0.494 e. The van der Waals surface area contributed by atoms with Gasteiger partial charge in [-0.25, -0.2) is 0 Å². The fourth-order valence-electron chi connectivity index (χ4n) is 2.35. The van der Waals surface area contributed by atoms with E-state index in [-0.39, 0.29) is 12.1 Å². The summed E-state index contributed by atoms with van der Waals surface area (Å²) in [6, 6.07) is 15.3. The van der Waals surface area contributed by atoms with Crippen LogP contribution < -0.4 is 15.4 Å². The van der Waals surface area contributed by atoms with Gasteiger partial charge in [0, 0.05) is 5.69 Å². The van der Waals surface area contributed by atoms with Gasteiger partial charge in [-0.05, 0) is 36.2 Å². The van der Waals surface area contributed by atoms with Gasteiger partial charge in [0.2, 0.25) is 0 Å². The lowest BCUT2D eigenvalue weighted by Crippen LogP contribution is -2.38. The van der Waals surface area contributed by atoms with Crippen LogP contribution >= 0.6 is 0 Å². The van der Waals surface area contributed by atoms with Gasteiger partial charge in [-0.2, -0.15) is 0 Å². The Hall–Kier alpha value is -2.49. The number of nitrogens with one attached hydrogen (secondary N) is 2. The van der Waals surface area contributed by atoms with Crippen LogP contribution in [0.2, 0.25) is 0 Å². The second kappa shape index (κ2) is 5.87. The summed E-state index contributed by atoms with van der Waals surface area (Å²) in [5, 5.41) is 6.29. The Morgan fingerprint density at radius 2 is 1.81 bits per heavy atom. The summed E-state index contributed by atoms with van der Waals surface area (Å²) in [6.45, 7) is 2.79. The van der Waals surface area contributed by atoms with Crippen molar-refractivity contribution in [3.05, 3.63) is 59.7 Å². The van der Waals surface area contributed by atoms with E-state index >= 15 is 0 Å². The molecular formula is C17H18N2O2. The highest BCUT2D eigenvalue weighted by Crippen LogP contribution is 2.27. The molecule has 0 radical (unpaired) electrons. The molecule has 1 amide bonds. The number of benzene rings is 2. The first-order chi connectivity index (χ1) is 10.3. The summed E-state index contributed by atoms with van der Waals surface area (Å²) < 4.78 is 5.57. The number of anilines is 1. The molecule has 1 heterocycles. The minimum absolute atomic E-state index is 0.0549. The maximum atomic E-state index is 12.1. The van der Waals surface area contributed by atoms with Crippen molar-refractivity contribution in [2.24, 2.45) is 0 Å². The molecule has 0 saturated carbocycles. The number of para-hydroxylation sites is 1. The van der Waals surface area contributed by atoms with Crippen molar-refractivity contribution < 1.29 is 9.53 Å². The third-order valence-electron chi connectivity index (χ3n) is 3.43. The lowest BCUT2D eigenvalue weighted by Gasteiger charge is -2.28. The van der Waals surface area contributed by atoms with E-state index in [9.17, 15) is 4.79 Å². The van der Waals surface area contributed by atoms with Gasteiger partial charge in [-0.15, -0.1) is 0 Å². The van der Waals surface area contributed by atoms with Crippen LogP contribution in [0.5, 0.6) is 5.75 Å². The molecule has 4 heteroatoms. The minimum atomic E-state index is -0.215. The molecule has 1 aliphatic heterocycles. The van der Waals surface area contributed by atoms with Crippen LogP contribution in [0.15, 0.2) is 48.5 Å². The first kappa shape index (κ1) is 13.5. The van der Waals surface area contributed by atoms with Crippen molar-refractivity contribution in [2.75, 3.05) is 11.9 Å². The molecule has 2 N–H and O–H groups in total. The zero-order chi connectivity index (χ0) is 14.7. The number of hydrogen-bond acceptors (Lipinski definition) is 3. The first-order valence-corrected chi connectivity index (χ1v) is 7.17. The molecule has 3 rings (SSSR count). The van der Waals surface area contributed by atoms with E-state index in [1.807, 2.05) is 48.5 Å². The molecule has 0 spiro atoms. The van der Waals surface area contributed by atoms with Crippen LogP contribution in [0.4, 0.5) is 5.69 Å². The van der Waals surface area contributed by atoms with Gasteiger partial charge < -0.3 is 15.4 Å². The topological polar surface area (TPSA) is 50.4 Å². The molecule has 1 aliphatic rings. The fourth-order valence-corrected chi connectivity index (χ4v) is 2.35. The Balaban J connectivity index is 1.78. The molecule has 0 fully saturated rings. The number of fused-ring (bicyclic) bond motifs is 1. The second-order valence-electron chi connectivity index (χ2n) is 5.01. The molecule has 2 aromatic rings. The van der Waals surface area contributed by atoms with Gasteiger partial charge >= 0.3 is 0 Å². The van der Waals surface area contributed by atoms with Gasteiger partial charge in [0.1, 0.15) is 11.9 Å². The molecule has 4 nitrogen and oxygen atoms in total. The number of carbonyl (C=O) groups is 1. The van der Waals surface area contributed by atoms with E-state index in [0.717, 1.165) is 23.4 Å². The highest BCUT2D eigenvalue weighted by Gasteiger charge is 2.23. The number of rotatable bonds is 4. The molecule has 2 aromatic carbocycles. The van der Waals surface area contributed by atoms with E-state index < -0.39 is 0 Å². The van der Waals surface area contributed by atoms with Crippen molar-refractivity contribution in [3.63, 3.8) is 0 Å². The molecule has 0 aromatic heterocycles. The average Bonchev–Trinajstić information content (AvgIpc) is 2.53. The van der Waals surface area contributed by atoms with E-state index in [4.69, 9.17) is 4.74 Å². The third-order valence-corrected chi connectivity index (χ3v) is 3.43. The standard InChI is InChI=1S/C17H18N2O2/c1-2-11-21-13-9-7-12(8-10-13)16-18-15-6-4-3-5-14(15)17(20)19-16/h3-10,16,18H,2,11H2,1H3,(H,19,20). The summed E-state index contributed by atoms with van der Waals surface area (Å²) in [6.07, 6.45) is 0.770. The predicted octanol–water partition coefficient (Wildman–Crippen LogP) is 3.33. The fraction of sp³-hybridized carbons (Fsp3) is 0.235. The number of amides is 1. The molecular weight excluding hydrogens is 264 g/mol. The Morgan fingerprint density at radius 3 is 2.57 bits per heavy atom. The van der Waals surface area contributed by atoms with Crippen LogP contribution in [-0.2, 0) is 0 Å². The van der Waals surface area contributed by atoms with Crippen molar-refractivity contribution in [2.45, 2.75) is 19.5 Å². The predicted molar refractivity (Wildman–Crippen MR) is 82.5 cm³/mol. The monoisotopic (exact) mass is 282 g/mol. The highest BCUT2D eigenvalue weighted by atomic mass is 16.5. The van der Waals surface area contributed by atoms with E-state index in [1.54, 1.807) is 0 Å². The Kier molecular flexibility index (Phi) is 3.77. The zero-order valence-electron chi connectivity index (χ0n) is 11.9. The molecule has 21 heavy (non-hydrogen) atoms. The Labute approximate surface area is 124 Å². The Morgan fingerprint density at radius 1 is 1.05 bits per heavy atom. The van der Waals surface area contributed by atoms with Crippen LogP contribution in [0.25, 0.3) is 0 Å². The SMILES string of the molecule is CCCOc1ccc(C2NC(=O)c3ccccc3N2)cc1. The van der Waals surface area contributed by atoms with Crippen molar-refractivity contribution >= 4 is 11.6 Å². The summed E-state index contributed by atoms with van der Waals surface area (Å²) in [7, 11) is 0. The molecule has 1 atom stereocenters. The van der Waals surface area contributed by atoms with E-state index in [0.29, 0.717) is 12.2 Å². The normalized spacial score (nSPS) is 16.6. The maximum absolute atomic E-state index is 12.1. The molecule has 1 unspecified atom stereocenters. The number of carbonyl (C=O) groups excluding carboxylic acids is 1. The van der Waals surface area contributed by atoms with Crippen LogP contribution in [-0.4, -0.2) is 12.5 Å². The van der Waals surface area contributed by atoms with Crippen LogP contribution in [0.3, 0.4) is 0 Å². The third kappa shape index (κ3) is 2.84. The summed E-state index contributed by atoms with van der Waals surface area (Å²) in [5.41, 5.74) is 2.54. The smallest absolute Gasteiger partial charge is 0.255 e. The maximum Gasteiger partial charge on any atom is 0.255 e. The van der Waals surface area contributed by atoms with Gasteiger partial charge in [0.15, 0.2) is 0 Å². The van der Waals surface area contributed by atoms with Gasteiger partial charge in [0.05, 0.1) is 12.2 Å².